The maximum atomic E-state index is 2.48. The van der Waals surface area contributed by atoms with Gasteiger partial charge in [0.1, 0.15) is 0 Å². The molecule has 2 aliphatic heterocycles. The number of hydrogen-bond donors (Lipinski definition) is 0. The lowest BCUT2D eigenvalue weighted by Gasteiger charge is -2.44. The molecule has 1 atom stereocenters. The molecule has 0 saturated heterocycles. The van der Waals surface area contributed by atoms with E-state index in [0.717, 1.165) is 28.4 Å². The minimum atomic E-state index is 0.0537. The molecule has 0 amide bonds. The molecule has 0 saturated carbocycles. The normalized spacial score (nSPS) is 14.2. The quantitative estimate of drug-likeness (QED) is 0.157. The highest BCUT2D eigenvalue weighted by atomic mass is 15.2. The van der Waals surface area contributed by atoms with Crippen LogP contribution in [0.15, 0.2) is 224 Å². The smallest absolute Gasteiger partial charge is 0.252 e. The summed E-state index contributed by atoms with van der Waals surface area (Å²) in [5, 5.41) is 0. The minimum Gasteiger partial charge on any atom is -0.311 e. The summed E-state index contributed by atoms with van der Waals surface area (Å²) in [5.41, 5.74) is 21.0. The van der Waals surface area contributed by atoms with Gasteiger partial charge in [0.2, 0.25) is 0 Å². The summed E-state index contributed by atoms with van der Waals surface area (Å²) >= 11 is 0. The van der Waals surface area contributed by atoms with Crippen molar-refractivity contribution < 1.29 is 0 Å². The van der Waals surface area contributed by atoms with Gasteiger partial charge in [0.05, 0.1) is 0 Å². The molecule has 0 fully saturated rings. The van der Waals surface area contributed by atoms with Gasteiger partial charge in [-0.15, -0.1) is 0 Å². The standard InChI is InChI=1S/C55H38BN3/c1-5-18-38(19-6-1)54-45-27-14-13-26-44(45)47-36-42(32-34-46(47)54)57(39-20-7-2-8-21-39)43-33-35-49-53(37-43)59(41-24-11-4-12-25-41)52-31-17-30-51-55(52)56(49)48-28-15-16-29-50(48)58(51)40-22-9-3-10-23-40/h1-37,54H. The third kappa shape index (κ3) is 5.23. The number of rotatable bonds is 6. The van der Waals surface area contributed by atoms with Gasteiger partial charge in [0, 0.05) is 57.1 Å². The van der Waals surface area contributed by atoms with Gasteiger partial charge in [-0.25, -0.2) is 0 Å². The highest BCUT2D eigenvalue weighted by Crippen LogP contribution is 2.51. The highest BCUT2D eigenvalue weighted by Gasteiger charge is 2.43. The summed E-state index contributed by atoms with van der Waals surface area (Å²) < 4.78 is 0. The molecule has 0 radical (unpaired) electrons. The van der Waals surface area contributed by atoms with Gasteiger partial charge in [0.15, 0.2) is 0 Å². The van der Waals surface area contributed by atoms with Crippen LogP contribution in [0.3, 0.4) is 0 Å². The van der Waals surface area contributed by atoms with Gasteiger partial charge in [-0.3, -0.25) is 0 Å². The molecule has 3 nitrogen and oxygen atoms in total. The molecular weight excluding hydrogens is 713 g/mol. The van der Waals surface area contributed by atoms with Crippen LogP contribution in [0.2, 0.25) is 0 Å². The van der Waals surface area contributed by atoms with Crippen LogP contribution in [0.1, 0.15) is 22.6 Å². The molecule has 1 aliphatic carbocycles. The molecule has 59 heavy (non-hydrogen) atoms. The van der Waals surface area contributed by atoms with E-state index < -0.39 is 0 Å². The molecule has 0 bridgehead atoms. The van der Waals surface area contributed by atoms with Crippen molar-refractivity contribution in [2.45, 2.75) is 5.92 Å². The van der Waals surface area contributed by atoms with Crippen LogP contribution in [-0.4, -0.2) is 6.71 Å². The highest BCUT2D eigenvalue weighted by molar-refractivity contribution is 7.00. The lowest BCUT2D eigenvalue weighted by Crippen LogP contribution is -2.61. The Bertz CT molecular complexity index is 3020. The van der Waals surface area contributed by atoms with E-state index in [1.54, 1.807) is 0 Å². The zero-order valence-corrected chi connectivity index (χ0v) is 32.4. The molecule has 12 rings (SSSR count). The Labute approximate surface area is 345 Å². The number of fused-ring (bicyclic) bond motifs is 7. The van der Waals surface area contributed by atoms with Crippen molar-refractivity contribution in [1.29, 1.82) is 0 Å². The van der Waals surface area contributed by atoms with Gasteiger partial charge >= 0.3 is 0 Å². The Hall–Kier alpha value is -7.56. The van der Waals surface area contributed by atoms with E-state index in [1.807, 2.05) is 0 Å². The predicted octanol–water partition coefficient (Wildman–Crippen LogP) is 12.4. The summed E-state index contributed by atoms with van der Waals surface area (Å²) in [7, 11) is 0. The van der Waals surface area contributed by atoms with E-state index in [1.165, 1.54) is 67.0 Å². The van der Waals surface area contributed by atoms with Gasteiger partial charge in [-0.1, -0.05) is 146 Å². The van der Waals surface area contributed by atoms with Crippen molar-refractivity contribution in [2.75, 3.05) is 14.7 Å². The topological polar surface area (TPSA) is 9.72 Å². The largest absolute Gasteiger partial charge is 0.311 e. The van der Waals surface area contributed by atoms with Crippen molar-refractivity contribution in [2.24, 2.45) is 0 Å². The van der Waals surface area contributed by atoms with E-state index in [-0.39, 0.29) is 12.6 Å². The van der Waals surface area contributed by atoms with Crippen molar-refractivity contribution >= 4 is 74.3 Å². The van der Waals surface area contributed by atoms with E-state index >= 15 is 0 Å². The Morgan fingerprint density at radius 2 is 0.881 bits per heavy atom. The lowest BCUT2D eigenvalue weighted by molar-refractivity contribution is 1.01. The fourth-order valence-corrected chi connectivity index (χ4v) is 10.1. The average molecular weight is 752 g/mol. The van der Waals surface area contributed by atoms with Crippen LogP contribution in [0.25, 0.3) is 11.1 Å². The SMILES string of the molecule is c1ccc(C2c3ccccc3-c3cc(N(c4ccccc4)c4ccc5c(c4)N(c4ccccc4)c4cccc6c4B5c4ccccc4N6c4ccccc4)ccc32)cc1. The number of hydrogen-bond acceptors (Lipinski definition) is 3. The van der Waals surface area contributed by atoms with Crippen LogP contribution in [0.4, 0.5) is 51.2 Å². The van der Waals surface area contributed by atoms with E-state index in [4.69, 9.17) is 0 Å². The zero-order chi connectivity index (χ0) is 38.9. The second-order valence-electron chi connectivity index (χ2n) is 15.7. The van der Waals surface area contributed by atoms with E-state index in [0.29, 0.717) is 0 Å². The molecule has 0 spiro atoms. The third-order valence-corrected chi connectivity index (χ3v) is 12.5. The van der Waals surface area contributed by atoms with E-state index in [2.05, 4.69) is 239 Å². The Morgan fingerprint density at radius 1 is 0.356 bits per heavy atom. The zero-order valence-electron chi connectivity index (χ0n) is 32.4. The summed E-state index contributed by atoms with van der Waals surface area (Å²) in [5.74, 6) is 0.200. The first-order chi connectivity index (χ1) is 29.3. The molecule has 0 N–H and O–H groups in total. The predicted molar refractivity (Wildman–Crippen MR) is 248 cm³/mol. The van der Waals surface area contributed by atoms with Crippen LogP contribution in [-0.2, 0) is 0 Å². The van der Waals surface area contributed by atoms with Gasteiger partial charge in [-0.05, 0) is 123 Å². The summed E-state index contributed by atoms with van der Waals surface area (Å²) in [6.07, 6.45) is 0. The van der Waals surface area contributed by atoms with Crippen molar-refractivity contribution in [3.05, 3.63) is 241 Å². The molecule has 1 unspecified atom stereocenters. The first-order valence-electron chi connectivity index (χ1n) is 20.5. The minimum absolute atomic E-state index is 0.0537. The molecule has 4 heteroatoms. The fourth-order valence-electron chi connectivity index (χ4n) is 10.1. The van der Waals surface area contributed by atoms with Crippen LogP contribution >= 0.6 is 0 Å². The maximum Gasteiger partial charge on any atom is 0.252 e. The van der Waals surface area contributed by atoms with E-state index in [9.17, 15) is 0 Å². The second kappa shape index (κ2) is 13.5. The Kier molecular flexibility index (Phi) is 7.70. The molecule has 276 valence electrons. The fraction of sp³-hybridized carbons (Fsp3) is 0.0182. The molecule has 0 aromatic heterocycles. The molecule has 2 heterocycles. The molecule has 9 aromatic rings. The van der Waals surface area contributed by atoms with Crippen LogP contribution < -0.4 is 31.1 Å². The molecular formula is C55H38BN3. The first-order valence-corrected chi connectivity index (χ1v) is 20.5. The van der Waals surface area contributed by atoms with Crippen LogP contribution in [0.5, 0.6) is 0 Å². The van der Waals surface area contributed by atoms with Crippen molar-refractivity contribution in [1.82, 2.24) is 0 Å². The van der Waals surface area contributed by atoms with Gasteiger partial charge < -0.3 is 14.7 Å². The Morgan fingerprint density at radius 3 is 1.61 bits per heavy atom. The maximum absolute atomic E-state index is 2.48. The summed E-state index contributed by atoms with van der Waals surface area (Å²) in [6, 6.07) is 82.4. The lowest BCUT2D eigenvalue weighted by atomic mass is 9.33. The second-order valence-corrected chi connectivity index (χ2v) is 15.7. The molecule has 9 aromatic carbocycles. The summed E-state index contributed by atoms with van der Waals surface area (Å²) in [4.78, 5) is 7.36. The monoisotopic (exact) mass is 751 g/mol. The Balaban J connectivity index is 1.07. The molecule has 3 aliphatic rings. The van der Waals surface area contributed by atoms with Crippen molar-refractivity contribution in [3.8, 4) is 11.1 Å². The summed E-state index contributed by atoms with van der Waals surface area (Å²) in [6.45, 7) is 0.0537. The third-order valence-electron chi connectivity index (χ3n) is 12.5. The number of nitrogens with zero attached hydrogens (tertiary/aromatic N) is 3. The number of para-hydroxylation sites is 4. The first kappa shape index (κ1) is 33.6. The van der Waals surface area contributed by atoms with Gasteiger partial charge in [0.25, 0.3) is 6.71 Å². The number of anilines is 9. The average Bonchev–Trinajstić information content (AvgIpc) is 3.64. The van der Waals surface area contributed by atoms with Crippen molar-refractivity contribution in [3.63, 3.8) is 0 Å². The van der Waals surface area contributed by atoms with Crippen LogP contribution in [0, 0.1) is 0 Å². The number of benzene rings is 9. The van der Waals surface area contributed by atoms with Gasteiger partial charge in [-0.2, -0.15) is 0 Å².